The fraction of sp³-hybridized carbons (Fsp3) is 0.733. The van der Waals surface area contributed by atoms with E-state index in [-0.39, 0.29) is 5.60 Å². The number of hydrogen-bond donors (Lipinski definition) is 1. The normalized spacial score (nSPS) is 17.4. The average Bonchev–Trinajstić information content (AvgIpc) is 2.91. The molecule has 0 radical (unpaired) electrons. The van der Waals surface area contributed by atoms with Gasteiger partial charge in [-0.2, -0.15) is 0 Å². The summed E-state index contributed by atoms with van der Waals surface area (Å²) >= 11 is 2.34. The van der Waals surface area contributed by atoms with Crippen LogP contribution in [-0.2, 0) is 16.8 Å². The Morgan fingerprint density at radius 1 is 1.20 bits per heavy atom. The molecule has 1 heterocycles. The predicted molar refractivity (Wildman–Crippen MR) is 90.1 cm³/mol. The molecule has 0 aliphatic heterocycles. The van der Waals surface area contributed by atoms with E-state index < -0.39 is 0 Å². The fourth-order valence-corrected chi connectivity index (χ4v) is 3.68. The second kappa shape index (κ2) is 7.02. The maximum absolute atomic E-state index is 6.09. The molecular weight excluding hydrogens is 365 g/mol. The van der Waals surface area contributed by atoms with Gasteiger partial charge in [-0.15, -0.1) is 0 Å². The highest BCUT2D eigenvalue weighted by atomic mass is 127. The molecule has 1 aliphatic carbocycles. The SMILES string of the molecule is CCNc1nc(C2(OCC)CCCC2)nc(CC)c1I. The predicted octanol–water partition coefficient (Wildman–Crippen LogP) is 3.88. The Kier molecular flexibility index (Phi) is 5.60. The van der Waals surface area contributed by atoms with Crippen molar-refractivity contribution in [2.75, 3.05) is 18.5 Å². The number of aromatic nitrogens is 2. The molecule has 0 aromatic carbocycles. The van der Waals surface area contributed by atoms with Crippen LogP contribution in [0.1, 0.15) is 58.0 Å². The molecule has 1 aliphatic rings. The molecule has 4 nitrogen and oxygen atoms in total. The number of anilines is 1. The van der Waals surface area contributed by atoms with E-state index in [4.69, 9.17) is 14.7 Å². The van der Waals surface area contributed by atoms with E-state index in [0.717, 1.165) is 46.7 Å². The molecule has 0 unspecified atom stereocenters. The van der Waals surface area contributed by atoms with Crippen molar-refractivity contribution in [3.05, 3.63) is 15.1 Å². The second-order valence-corrected chi connectivity index (χ2v) is 6.25. The van der Waals surface area contributed by atoms with E-state index >= 15 is 0 Å². The smallest absolute Gasteiger partial charge is 0.162 e. The van der Waals surface area contributed by atoms with Gasteiger partial charge in [0.15, 0.2) is 5.82 Å². The third kappa shape index (κ3) is 3.08. The second-order valence-electron chi connectivity index (χ2n) is 5.17. The summed E-state index contributed by atoms with van der Waals surface area (Å²) in [4.78, 5) is 9.61. The molecule has 112 valence electrons. The van der Waals surface area contributed by atoms with Crippen LogP contribution in [0.4, 0.5) is 5.82 Å². The van der Waals surface area contributed by atoms with Gasteiger partial charge in [-0.3, -0.25) is 0 Å². The third-order valence-corrected chi connectivity index (χ3v) is 4.97. The molecule has 1 fully saturated rings. The molecule has 20 heavy (non-hydrogen) atoms. The van der Waals surface area contributed by atoms with Crippen molar-refractivity contribution in [1.82, 2.24) is 9.97 Å². The Labute approximate surface area is 135 Å². The topological polar surface area (TPSA) is 47.0 Å². The quantitative estimate of drug-likeness (QED) is 0.751. The van der Waals surface area contributed by atoms with Gasteiger partial charge >= 0.3 is 0 Å². The zero-order chi connectivity index (χ0) is 14.6. The summed E-state index contributed by atoms with van der Waals surface area (Å²) in [6.45, 7) is 7.88. The highest BCUT2D eigenvalue weighted by Crippen LogP contribution is 2.41. The Balaban J connectivity index is 2.46. The van der Waals surface area contributed by atoms with Crippen LogP contribution in [-0.4, -0.2) is 23.1 Å². The van der Waals surface area contributed by atoms with Crippen LogP contribution in [0.3, 0.4) is 0 Å². The van der Waals surface area contributed by atoms with Gasteiger partial charge in [0.1, 0.15) is 11.4 Å². The number of nitrogens with zero attached hydrogens (tertiary/aromatic N) is 2. The minimum Gasteiger partial charge on any atom is -0.369 e. The molecule has 1 aromatic heterocycles. The molecule has 0 saturated heterocycles. The van der Waals surface area contributed by atoms with Crippen LogP contribution < -0.4 is 5.32 Å². The van der Waals surface area contributed by atoms with E-state index in [0.29, 0.717) is 6.61 Å². The molecule has 2 rings (SSSR count). The van der Waals surface area contributed by atoms with Crippen molar-refractivity contribution in [1.29, 1.82) is 0 Å². The van der Waals surface area contributed by atoms with Gasteiger partial charge in [0.05, 0.1) is 9.26 Å². The van der Waals surface area contributed by atoms with Crippen molar-refractivity contribution >= 4 is 28.4 Å². The van der Waals surface area contributed by atoms with E-state index in [2.05, 4.69) is 48.7 Å². The molecular formula is C15H24IN3O. The first-order valence-corrected chi connectivity index (χ1v) is 8.69. The fourth-order valence-electron chi connectivity index (χ4n) is 2.87. The Morgan fingerprint density at radius 3 is 2.45 bits per heavy atom. The van der Waals surface area contributed by atoms with Crippen molar-refractivity contribution in [3.8, 4) is 0 Å². The molecule has 1 N–H and O–H groups in total. The highest BCUT2D eigenvalue weighted by Gasteiger charge is 2.40. The minimum absolute atomic E-state index is 0.257. The third-order valence-electron chi connectivity index (χ3n) is 3.84. The van der Waals surface area contributed by atoms with Crippen molar-refractivity contribution < 1.29 is 4.74 Å². The van der Waals surface area contributed by atoms with E-state index in [1.807, 2.05) is 0 Å². The van der Waals surface area contributed by atoms with Gasteiger partial charge in [0.2, 0.25) is 0 Å². The van der Waals surface area contributed by atoms with E-state index in [9.17, 15) is 0 Å². The summed E-state index contributed by atoms with van der Waals surface area (Å²) in [7, 11) is 0. The first-order valence-electron chi connectivity index (χ1n) is 7.61. The summed E-state index contributed by atoms with van der Waals surface area (Å²) < 4.78 is 7.23. The van der Waals surface area contributed by atoms with E-state index in [1.165, 1.54) is 12.8 Å². The molecule has 1 saturated carbocycles. The maximum Gasteiger partial charge on any atom is 0.162 e. The van der Waals surface area contributed by atoms with Gasteiger partial charge in [-0.05, 0) is 68.5 Å². The molecule has 0 amide bonds. The Bertz CT molecular complexity index is 459. The summed E-state index contributed by atoms with van der Waals surface area (Å²) in [5, 5.41) is 3.36. The lowest BCUT2D eigenvalue weighted by atomic mass is 10.0. The number of hydrogen-bond acceptors (Lipinski definition) is 4. The van der Waals surface area contributed by atoms with Crippen LogP contribution in [0, 0.1) is 3.57 Å². The van der Waals surface area contributed by atoms with Crippen LogP contribution in [0.5, 0.6) is 0 Å². The zero-order valence-electron chi connectivity index (χ0n) is 12.6. The first kappa shape index (κ1) is 15.9. The zero-order valence-corrected chi connectivity index (χ0v) is 14.8. The number of nitrogens with one attached hydrogen (secondary N) is 1. The van der Waals surface area contributed by atoms with Gasteiger partial charge in [-0.1, -0.05) is 6.92 Å². The van der Waals surface area contributed by atoms with Crippen LogP contribution in [0.25, 0.3) is 0 Å². The highest BCUT2D eigenvalue weighted by molar-refractivity contribution is 14.1. The Hall–Kier alpha value is -0.430. The Morgan fingerprint density at radius 2 is 1.90 bits per heavy atom. The molecule has 0 bridgehead atoms. The number of aryl methyl sites for hydroxylation is 1. The standard InChI is InChI=1S/C15H24IN3O/c1-4-11-12(16)13(17-5-2)19-14(18-11)15(20-6-3)9-7-8-10-15/h4-10H2,1-3H3,(H,17,18,19). The van der Waals surface area contributed by atoms with Crippen LogP contribution in [0.2, 0.25) is 0 Å². The van der Waals surface area contributed by atoms with Crippen LogP contribution >= 0.6 is 22.6 Å². The lowest BCUT2D eigenvalue weighted by Gasteiger charge is -2.28. The lowest BCUT2D eigenvalue weighted by Crippen LogP contribution is -2.30. The molecule has 5 heteroatoms. The summed E-state index contributed by atoms with van der Waals surface area (Å²) in [6, 6.07) is 0. The maximum atomic E-state index is 6.09. The lowest BCUT2D eigenvalue weighted by molar-refractivity contribution is -0.0457. The largest absolute Gasteiger partial charge is 0.369 e. The van der Waals surface area contributed by atoms with Crippen molar-refractivity contribution in [2.24, 2.45) is 0 Å². The first-order chi connectivity index (χ1) is 9.66. The van der Waals surface area contributed by atoms with Gasteiger partial charge in [0.25, 0.3) is 0 Å². The number of ether oxygens (including phenoxy) is 1. The molecule has 1 aromatic rings. The van der Waals surface area contributed by atoms with Crippen LogP contribution in [0.15, 0.2) is 0 Å². The van der Waals surface area contributed by atoms with Gasteiger partial charge in [0, 0.05) is 13.2 Å². The number of rotatable bonds is 6. The van der Waals surface area contributed by atoms with Gasteiger partial charge in [-0.25, -0.2) is 9.97 Å². The molecule has 0 atom stereocenters. The monoisotopic (exact) mass is 389 g/mol. The summed E-state index contributed by atoms with van der Waals surface area (Å²) in [5.41, 5.74) is 0.866. The van der Waals surface area contributed by atoms with Gasteiger partial charge < -0.3 is 10.1 Å². The average molecular weight is 389 g/mol. The summed E-state index contributed by atoms with van der Waals surface area (Å²) in [5.74, 6) is 1.84. The summed E-state index contributed by atoms with van der Waals surface area (Å²) in [6.07, 6.45) is 5.40. The van der Waals surface area contributed by atoms with Crippen molar-refractivity contribution in [3.63, 3.8) is 0 Å². The number of halogens is 1. The minimum atomic E-state index is -0.257. The van der Waals surface area contributed by atoms with Crippen molar-refractivity contribution in [2.45, 2.75) is 58.5 Å². The molecule has 0 spiro atoms. The van der Waals surface area contributed by atoms with E-state index in [1.54, 1.807) is 0 Å².